The zero-order valence-corrected chi connectivity index (χ0v) is 36.8. The van der Waals surface area contributed by atoms with E-state index in [4.69, 9.17) is 28.4 Å². The molecule has 0 saturated carbocycles. The number of nitrogens with zero attached hydrogens (tertiary/aromatic N) is 2. The van der Waals surface area contributed by atoms with Crippen LogP contribution in [-0.2, 0) is 42.8 Å². The number of nitrogens with one attached hydrogen (secondary N) is 2. The number of esters is 1. The lowest BCUT2D eigenvalue weighted by atomic mass is 9.73. The summed E-state index contributed by atoms with van der Waals surface area (Å²) < 4.78 is 37.1. The molecular weight excluding hydrogens is 773 g/mol. The third-order valence-corrected chi connectivity index (χ3v) is 12.6. The maximum atomic E-state index is 15.0. The van der Waals surface area contributed by atoms with E-state index in [1.54, 1.807) is 47.9 Å². The number of aliphatic hydroxyl groups excluding tert-OH is 1. The molecule has 4 heterocycles. The zero-order chi connectivity index (χ0) is 43.9. The summed E-state index contributed by atoms with van der Waals surface area (Å²) in [5.41, 5.74) is -1.14. The van der Waals surface area contributed by atoms with Crippen molar-refractivity contribution >= 4 is 40.6 Å². The van der Waals surface area contributed by atoms with Crippen molar-refractivity contribution in [3.8, 4) is 0 Å². The van der Waals surface area contributed by atoms with E-state index in [-0.39, 0.29) is 43.9 Å². The number of alkyl carbamates (subject to hydrolysis) is 1. The van der Waals surface area contributed by atoms with E-state index >= 15 is 4.79 Å². The van der Waals surface area contributed by atoms with Crippen molar-refractivity contribution in [3.05, 3.63) is 48.2 Å². The fraction of sp³-hybridized carbons (Fsp3) is 0.667. The number of methoxy groups -OCH3 is 1. The number of amides is 1. The van der Waals surface area contributed by atoms with Crippen LogP contribution in [0.5, 0.6) is 0 Å². The van der Waals surface area contributed by atoms with Crippen LogP contribution < -0.4 is 10.6 Å². The maximum Gasteiger partial charge on any atom is 0.408 e. The van der Waals surface area contributed by atoms with Crippen molar-refractivity contribution < 1.29 is 52.7 Å². The van der Waals surface area contributed by atoms with Crippen molar-refractivity contribution in [1.82, 2.24) is 20.5 Å². The molecule has 0 bridgehead atoms. The molecule has 3 aliphatic heterocycles. The van der Waals surface area contributed by atoms with Gasteiger partial charge in [0.2, 0.25) is 0 Å². The first-order valence-corrected chi connectivity index (χ1v) is 21.2. The molecule has 2 aromatic rings. The van der Waals surface area contributed by atoms with Gasteiger partial charge < -0.3 is 49.1 Å². The number of ketones is 2. The van der Waals surface area contributed by atoms with Crippen LogP contribution in [0.4, 0.5) is 4.79 Å². The second-order valence-corrected chi connectivity index (χ2v) is 17.4. The summed E-state index contributed by atoms with van der Waals surface area (Å²) >= 11 is 0. The van der Waals surface area contributed by atoms with E-state index in [1.165, 1.54) is 6.92 Å². The van der Waals surface area contributed by atoms with Gasteiger partial charge in [0, 0.05) is 49.7 Å². The number of carbonyl (C=O) groups excluding carboxylic acids is 4. The van der Waals surface area contributed by atoms with E-state index < -0.39 is 83.4 Å². The highest BCUT2D eigenvalue weighted by Crippen LogP contribution is 2.40. The number of aliphatic hydroxyl groups is 1. The molecule has 3 aliphatic rings. The number of Topliss-reactive ketones (excluding diaryl/α,β-unsaturated/α-hetero) is 2. The molecule has 0 radical (unpaired) electrons. The summed E-state index contributed by atoms with van der Waals surface area (Å²) in [6, 6.07) is 8.60. The molecule has 1 amide bonds. The van der Waals surface area contributed by atoms with Gasteiger partial charge in [-0.25, -0.2) is 4.79 Å². The standard InChI is InChI=1S/C45H66N4O11/c1-11-35-45(7)39(48-43(54)60-45)32(25-46-18-20-55-10)36(50)26(2)23-44(6,56-19-14-15-30-22-31-16-12-13-17-33(31)47-24-30)40(28(4)37(51)29(5)41(53)58-35)59-42-38(52)34(49(8)9)21-27(3)57-42/h12-17,22,24,26-29,32,34-35,38-40,42,46,52H,11,18-21,23,25H2,1-10H3,(H,48,54)/b15-14+/t26-,27-,28+,29-,32+,34+,35-,38-,39-,40-,42+,44-,45-/m1/s1. The minimum absolute atomic E-state index is 0.0399. The Kier molecular flexibility index (Phi) is 16.0. The smallest absolute Gasteiger partial charge is 0.408 e. The minimum atomic E-state index is -1.45. The number of benzene rings is 1. The zero-order valence-electron chi connectivity index (χ0n) is 36.8. The number of cyclic esters (lactones) is 1. The maximum absolute atomic E-state index is 15.0. The first-order chi connectivity index (χ1) is 28.4. The average Bonchev–Trinajstić information content (AvgIpc) is 3.53. The summed E-state index contributed by atoms with van der Waals surface area (Å²) in [6.45, 7) is 13.1. The number of fused-ring (bicyclic) bond motifs is 2. The Bertz CT molecular complexity index is 1840. The van der Waals surface area contributed by atoms with Crippen LogP contribution in [0.1, 0.15) is 73.3 Å². The highest BCUT2D eigenvalue weighted by molar-refractivity contribution is 6.00. The predicted molar refractivity (Wildman–Crippen MR) is 225 cm³/mol. The molecule has 0 aliphatic carbocycles. The summed E-state index contributed by atoms with van der Waals surface area (Å²) in [5.74, 6) is -5.39. The highest BCUT2D eigenvalue weighted by atomic mass is 16.7. The number of hydrogen-bond acceptors (Lipinski definition) is 14. The van der Waals surface area contributed by atoms with Crippen LogP contribution >= 0.6 is 0 Å². The van der Waals surface area contributed by atoms with Crippen molar-refractivity contribution in [2.24, 2.45) is 23.7 Å². The lowest BCUT2D eigenvalue weighted by Gasteiger charge is -2.47. The van der Waals surface area contributed by atoms with Crippen LogP contribution in [0.3, 0.4) is 0 Å². The van der Waals surface area contributed by atoms with Crippen LogP contribution in [0.15, 0.2) is 42.6 Å². The van der Waals surface area contributed by atoms with Crippen molar-refractivity contribution in [3.63, 3.8) is 0 Å². The van der Waals surface area contributed by atoms with Crippen molar-refractivity contribution in [1.29, 1.82) is 0 Å². The van der Waals surface area contributed by atoms with Gasteiger partial charge in [-0.2, -0.15) is 0 Å². The van der Waals surface area contributed by atoms with Crippen molar-refractivity contribution in [2.45, 2.75) is 122 Å². The molecular formula is C45H66N4O11. The normalized spacial score (nSPS) is 35.9. The van der Waals surface area contributed by atoms with Crippen LogP contribution in [0.25, 0.3) is 17.0 Å². The van der Waals surface area contributed by atoms with Crippen molar-refractivity contribution in [2.75, 3.05) is 47.5 Å². The Morgan fingerprint density at radius 2 is 1.82 bits per heavy atom. The first-order valence-electron chi connectivity index (χ1n) is 21.2. The summed E-state index contributed by atoms with van der Waals surface area (Å²) in [4.78, 5) is 63.1. The van der Waals surface area contributed by atoms with Gasteiger partial charge in [-0.05, 0) is 78.7 Å². The highest BCUT2D eigenvalue weighted by Gasteiger charge is 2.58. The molecule has 332 valence electrons. The number of ether oxygens (including phenoxy) is 6. The quantitative estimate of drug-likeness (QED) is 0.147. The number of para-hydroxylation sites is 1. The number of carbonyl (C=O) groups is 4. The first kappa shape index (κ1) is 47.2. The second kappa shape index (κ2) is 20.4. The lowest BCUT2D eigenvalue weighted by molar-refractivity contribution is -0.296. The van der Waals surface area contributed by atoms with E-state index in [2.05, 4.69) is 15.6 Å². The van der Waals surface area contributed by atoms with E-state index in [9.17, 15) is 19.5 Å². The van der Waals surface area contributed by atoms with Gasteiger partial charge in [0.25, 0.3) is 0 Å². The summed E-state index contributed by atoms with van der Waals surface area (Å²) in [6.07, 6.45) is 0.866. The monoisotopic (exact) mass is 838 g/mol. The molecule has 15 heteroatoms. The lowest BCUT2D eigenvalue weighted by Crippen LogP contribution is -2.61. The fourth-order valence-corrected chi connectivity index (χ4v) is 9.17. The third-order valence-electron chi connectivity index (χ3n) is 12.6. The Hall–Kier alpha value is -3.83. The molecule has 1 aromatic carbocycles. The summed E-state index contributed by atoms with van der Waals surface area (Å²) in [5, 5.41) is 18.8. The average molecular weight is 839 g/mol. The number of aromatic nitrogens is 1. The van der Waals surface area contributed by atoms with E-state index in [0.29, 0.717) is 19.6 Å². The summed E-state index contributed by atoms with van der Waals surface area (Å²) in [7, 11) is 5.32. The number of pyridine rings is 1. The molecule has 3 saturated heterocycles. The Labute approximate surface area is 354 Å². The molecule has 0 unspecified atom stereocenters. The molecule has 1 aromatic heterocycles. The molecule has 13 atom stereocenters. The molecule has 60 heavy (non-hydrogen) atoms. The minimum Gasteiger partial charge on any atom is -0.458 e. The predicted octanol–water partition coefficient (Wildman–Crippen LogP) is 4.33. The Morgan fingerprint density at radius 3 is 2.52 bits per heavy atom. The molecule has 3 fully saturated rings. The number of likely N-dealkylation sites (N-methyl/N-ethyl adjacent to an activating group) is 1. The number of hydrogen-bond donors (Lipinski definition) is 3. The topological polar surface area (TPSA) is 184 Å². The van der Waals surface area contributed by atoms with E-state index in [1.807, 2.05) is 68.4 Å². The van der Waals surface area contributed by atoms with E-state index in [0.717, 1.165) is 16.5 Å². The van der Waals surface area contributed by atoms with Crippen LogP contribution in [0.2, 0.25) is 0 Å². The van der Waals surface area contributed by atoms with Gasteiger partial charge in [0.05, 0.1) is 48.5 Å². The number of rotatable bonds is 13. The Balaban J connectivity index is 1.59. The molecule has 15 nitrogen and oxygen atoms in total. The second-order valence-electron chi connectivity index (χ2n) is 17.4. The Morgan fingerprint density at radius 1 is 1.08 bits per heavy atom. The van der Waals surface area contributed by atoms with Crippen LogP contribution in [0, 0.1) is 23.7 Å². The molecule has 3 N–H and O–H groups in total. The van der Waals surface area contributed by atoms with Gasteiger partial charge in [0.15, 0.2) is 17.7 Å². The van der Waals surface area contributed by atoms with Gasteiger partial charge in [-0.15, -0.1) is 0 Å². The molecule has 0 spiro atoms. The molecule has 5 rings (SSSR count). The fourth-order valence-electron chi connectivity index (χ4n) is 9.17. The van der Waals surface area contributed by atoms with Gasteiger partial charge in [-0.3, -0.25) is 19.4 Å². The van der Waals surface area contributed by atoms with Gasteiger partial charge >= 0.3 is 12.1 Å². The van der Waals surface area contributed by atoms with Crippen LogP contribution in [-0.4, -0.2) is 140 Å². The SMILES string of the molecule is CC[C@H]1OC(=O)[C@H](C)C(=O)[C@H](C)[C@@H](O[C@@H]2O[C@H](C)C[C@H](N(C)C)[C@H]2O)[C@](C)(OC/C=C/c2cnc3ccccc3c2)C[C@@H](C)C(=O)[C@H](CNCCOC)[C@H]2NC(=O)O[C@@]21C. The third kappa shape index (κ3) is 10.6. The largest absolute Gasteiger partial charge is 0.458 e. The van der Waals surface area contributed by atoms with Gasteiger partial charge in [0.1, 0.15) is 23.9 Å². The van der Waals surface area contributed by atoms with Gasteiger partial charge in [-0.1, -0.05) is 51.1 Å².